The zero-order chi connectivity index (χ0) is 20.5. The lowest BCUT2D eigenvalue weighted by atomic mass is 10.0. The third kappa shape index (κ3) is 3.37. The summed E-state index contributed by atoms with van der Waals surface area (Å²) in [7, 11) is 1.67. The highest BCUT2D eigenvalue weighted by Crippen LogP contribution is 2.29. The lowest BCUT2D eigenvalue weighted by Gasteiger charge is -2.27. The lowest BCUT2D eigenvalue weighted by Crippen LogP contribution is -2.40. The van der Waals surface area contributed by atoms with E-state index in [-0.39, 0.29) is 5.91 Å². The Hall–Kier alpha value is -3.44. The number of carbonyl (C=O) groups excluding carboxylic acids is 1. The number of nitrogens with zero attached hydrogens (tertiary/aromatic N) is 2. The molecule has 0 aliphatic carbocycles. The molecule has 0 unspecified atom stereocenters. The van der Waals surface area contributed by atoms with Crippen LogP contribution in [0.4, 0.5) is 0 Å². The van der Waals surface area contributed by atoms with Gasteiger partial charge in [0.1, 0.15) is 5.75 Å². The van der Waals surface area contributed by atoms with Gasteiger partial charge in [-0.15, -0.1) is 0 Å². The maximum Gasteiger partial charge on any atom is 0.254 e. The van der Waals surface area contributed by atoms with E-state index >= 15 is 0 Å². The fourth-order valence-corrected chi connectivity index (χ4v) is 3.95. The molecule has 0 spiro atoms. The molecule has 1 aromatic heterocycles. The monoisotopic (exact) mass is 398 g/mol. The maximum absolute atomic E-state index is 13.3. The van der Waals surface area contributed by atoms with E-state index in [1.807, 2.05) is 59.5 Å². The minimum Gasteiger partial charge on any atom is -0.497 e. The molecule has 0 saturated carbocycles. The highest BCUT2D eigenvalue weighted by Gasteiger charge is 2.21. The molecule has 5 heteroatoms. The van der Waals surface area contributed by atoms with Gasteiger partial charge in [0.25, 0.3) is 5.91 Å². The van der Waals surface area contributed by atoms with Gasteiger partial charge < -0.3 is 14.4 Å². The van der Waals surface area contributed by atoms with E-state index in [9.17, 15) is 4.79 Å². The summed E-state index contributed by atoms with van der Waals surface area (Å²) in [6.45, 7) is 2.39. The largest absolute Gasteiger partial charge is 0.497 e. The van der Waals surface area contributed by atoms with Crippen LogP contribution in [0.15, 0.2) is 66.7 Å². The number of hydrogen-bond acceptors (Lipinski definition) is 4. The van der Waals surface area contributed by atoms with Crippen LogP contribution in [0.3, 0.4) is 0 Å². The van der Waals surface area contributed by atoms with Crippen LogP contribution < -0.4 is 4.74 Å². The average molecular weight is 398 g/mol. The number of para-hydroxylation sites is 1. The first-order valence-electron chi connectivity index (χ1n) is 10.1. The number of ether oxygens (including phenoxy) is 2. The molecule has 30 heavy (non-hydrogen) atoms. The number of morpholine rings is 1. The first kappa shape index (κ1) is 18.6. The SMILES string of the molecule is COc1ccc2cc(-c3cc(C(=O)N4CCOCC4)c4ccccc4n3)ccc2c1. The molecule has 3 aromatic carbocycles. The van der Waals surface area contributed by atoms with Crippen molar-refractivity contribution in [3.8, 4) is 17.0 Å². The Morgan fingerprint density at radius 3 is 2.57 bits per heavy atom. The lowest BCUT2D eigenvalue weighted by molar-refractivity contribution is 0.0304. The minimum atomic E-state index is 0.0312. The van der Waals surface area contributed by atoms with Gasteiger partial charge in [-0.1, -0.05) is 36.4 Å². The van der Waals surface area contributed by atoms with Crippen molar-refractivity contribution < 1.29 is 14.3 Å². The van der Waals surface area contributed by atoms with Crippen LogP contribution in [-0.2, 0) is 4.74 Å². The Morgan fingerprint density at radius 2 is 1.73 bits per heavy atom. The van der Waals surface area contributed by atoms with Crippen LogP contribution in [-0.4, -0.2) is 49.2 Å². The number of methoxy groups -OCH3 is 1. The second-order valence-electron chi connectivity index (χ2n) is 7.40. The minimum absolute atomic E-state index is 0.0312. The molecule has 5 rings (SSSR count). The van der Waals surface area contributed by atoms with E-state index in [4.69, 9.17) is 14.5 Å². The van der Waals surface area contributed by atoms with Gasteiger partial charge in [0.05, 0.1) is 37.1 Å². The number of fused-ring (bicyclic) bond motifs is 2. The zero-order valence-corrected chi connectivity index (χ0v) is 16.8. The molecule has 150 valence electrons. The van der Waals surface area contributed by atoms with Crippen LogP contribution >= 0.6 is 0 Å². The first-order chi connectivity index (χ1) is 14.7. The van der Waals surface area contributed by atoms with Crippen molar-refractivity contribution in [2.45, 2.75) is 0 Å². The molecular formula is C25H22N2O3. The quantitative estimate of drug-likeness (QED) is 0.509. The highest BCUT2D eigenvalue weighted by molar-refractivity contribution is 6.07. The van der Waals surface area contributed by atoms with Gasteiger partial charge in [-0.25, -0.2) is 4.98 Å². The van der Waals surface area contributed by atoms with Crippen molar-refractivity contribution in [3.05, 3.63) is 72.3 Å². The summed E-state index contributed by atoms with van der Waals surface area (Å²) in [6, 6.07) is 22.0. The normalized spacial score (nSPS) is 14.2. The van der Waals surface area contributed by atoms with Crippen LogP contribution in [0.2, 0.25) is 0 Å². The van der Waals surface area contributed by atoms with Crippen LogP contribution in [0.1, 0.15) is 10.4 Å². The molecule has 1 saturated heterocycles. The predicted octanol–water partition coefficient (Wildman–Crippen LogP) is 4.54. The number of rotatable bonds is 3. The van der Waals surface area contributed by atoms with Gasteiger partial charge >= 0.3 is 0 Å². The van der Waals surface area contributed by atoms with Crippen molar-refractivity contribution >= 4 is 27.6 Å². The molecule has 2 heterocycles. The summed E-state index contributed by atoms with van der Waals surface area (Å²) in [5.74, 6) is 0.862. The van der Waals surface area contributed by atoms with E-state index in [0.717, 1.165) is 38.7 Å². The molecule has 1 fully saturated rings. The van der Waals surface area contributed by atoms with Gasteiger partial charge in [-0.05, 0) is 41.1 Å². The van der Waals surface area contributed by atoms with E-state index in [2.05, 4.69) is 12.1 Å². The smallest absolute Gasteiger partial charge is 0.254 e. The summed E-state index contributed by atoms with van der Waals surface area (Å²) in [4.78, 5) is 20.0. The fraction of sp³-hybridized carbons (Fsp3) is 0.200. The van der Waals surface area contributed by atoms with Crippen LogP contribution in [0, 0.1) is 0 Å². The molecule has 0 N–H and O–H groups in total. The summed E-state index contributed by atoms with van der Waals surface area (Å²) in [5.41, 5.74) is 3.28. The van der Waals surface area contributed by atoms with Crippen molar-refractivity contribution in [2.75, 3.05) is 33.4 Å². The topological polar surface area (TPSA) is 51.7 Å². The van der Waals surface area contributed by atoms with Crippen molar-refractivity contribution in [1.82, 2.24) is 9.88 Å². The van der Waals surface area contributed by atoms with Gasteiger partial charge in [0.2, 0.25) is 0 Å². The Labute approximate surface area is 174 Å². The van der Waals surface area contributed by atoms with E-state index in [1.54, 1.807) is 7.11 Å². The van der Waals surface area contributed by atoms with Crippen molar-refractivity contribution in [2.24, 2.45) is 0 Å². The molecule has 0 atom stereocenters. The number of aromatic nitrogens is 1. The fourth-order valence-electron chi connectivity index (χ4n) is 3.95. The number of carbonyl (C=O) groups is 1. The van der Waals surface area contributed by atoms with Gasteiger partial charge in [-0.2, -0.15) is 0 Å². The molecule has 0 radical (unpaired) electrons. The van der Waals surface area contributed by atoms with Crippen molar-refractivity contribution in [1.29, 1.82) is 0 Å². The molecule has 0 bridgehead atoms. The van der Waals surface area contributed by atoms with Crippen LogP contribution in [0.5, 0.6) is 5.75 Å². The third-order valence-electron chi connectivity index (χ3n) is 5.59. The molecule has 1 amide bonds. The Bertz CT molecular complexity index is 1250. The van der Waals surface area contributed by atoms with Crippen LogP contribution in [0.25, 0.3) is 32.9 Å². The molecule has 5 nitrogen and oxygen atoms in total. The summed E-state index contributed by atoms with van der Waals surface area (Å²) >= 11 is 0. The average Bonchev–Trinajstić information content (AvgIpc) is 2.82. The second-order valence-corrected chi connectivity index (χ2v) is 7.40. The van der Waals surface area contributed by atoms with Gasteiger partial charge in [0, 0.05) is 24.0 Å². The standard InChI is InChI=1S/C25H22N2O3/c1-29-20-9-8-17-14-19(7-6-18(17)15-20)24-16-22(21-4-2-3-5-23(21)26-24)25(28)27-10-12-30-13-11-27/h2-9,14-16H,10-13H2,1H3. The summed E-state index contributed by atoms with van der Waals surface area (Å²) < 4.78 is 10.7. The van der Waals surface area contributed by atoms with Gasteiger partial charge in [-0.3, -0.25) is 4.79 Å². The number of amides is 1. The van der Waals surface area contributed by atoms with E-state index in [0.29, 0.717) is 31.9 Å². The Balaban J connectivity index is 1.62. The third-order valence-corrected chi connectivity index (χ3v) is 5.59. The first-order valence-corrected chi connectivity index (χ1v) is 10.1. The Morgan fingerprint density at radius 1 is 0.967 bits per heavy atom. The summed E-state index contributed by atoms with van der Waals surface area (Å²) in [6.07, 6.45) is 0. The van der Waals surface area contributed by atoms with Gasteiger partial charge in [0.15, 0.2) is 0 Å². The Kier molecular flexibility index (Phi) is 4.81. The van der Waals surface area contributed by atoms with E-state index in [1.165, 1.54) is 0 Å². The summed E-state index contributed by atoms with van der Waals surface area (Å²) in [5, 5.41) is 3.08. The van der Waals surface area contributed by atoms with Crippen molar-refractivity contribution in [3.63, 3.8) is 0 Å². The highest BCUT2D eigenvalue weighted by atomic mass is 16.5. The molecule has 4 aromatic rings. The number of benzene rings is 3. The predicted molar refractivity (Wildman–Crippen MR) is 118 cm³/mol. The zero-order valence-electron chi connectivity index (χ0n) is 16.8. The van der Waals surface area contributed by atoms with E-state index < -0.39 is 0 Å². The number of hydrogen-bond donors (Lipinski definition) is 0. The molecular weight excluding hydrogens is 376 g/mol. The second kappa shape index (κ2) is 7.76. The molecule has 1 aliphatic heterocycles. The number of pyridine rings is 1. The molecule has 1 aliphatic rings. The maximum atomic E-state index is 13.3.